The zero-order valence-corrected chi connectivity index (χ0v) is 17.1. The first-order chi connectivity index (χ1) is 14.0. The van der Waals surface area contributed by atoms with Crippen LogP contribution in [0.25, 0.3) is 0 Å². The Morgan fingerprint density at radius 1 is 1.14 bits per heavy atom. The van der Waals surface area contributed by atoms with Gasteiger partial charge in [0.2, 0.25) is 0 Å². The first kappa shape index (κ1) is 24.9. The Labute approximate surface area is 172 Å². The predicted octanol–water partition coefficient (Wildman–Crippen LogP) is 2.08. The average molecular weight is 410 g/mol. The van der Waals surface area contributed by atoms with E-state index in [9.17, 15) is 9.59 Å². The van der Waals surface area contributed by atoms with Crippen molar-refractivity contribution in [2.24, 2.45) is 17.2 Å². The Kier molecular flexibility index (Phi) is 12.7. The monoisotopic (exact) mass is 409 g/mol. The van der Waals surface area contributed by atoms with Crippen molar-refractivity contribution in [3.63, 3.8) is 0 Å². The molecule has 0 bridgehead atoms. The first-order valence-electron chi connectivity index (χ1n) is 10.3. The topological polar surface area (TPSA) is 151 Å². The number of carbonyl (C=O) groups is 2. The Morgan fingerprint density at radius 2 is 1.79 bits per heavy atom. The molecule has 1 aliphatic heterocycles. The summed E-state index contributed by atoms with van der Waals surface area (Å²) in [5.41, 5.74) is 16.7. The van der Waals surface area contributed by atoms with Crippen molar-refractivity contribution in [1.29, 1.82) is 0 Å². The fraction of sp³-hybridized carbons (Fsp3) is 0.619. The molecule has 7 N–H and O–H groups in total. The third-order valence-corrected chi connectivity index (χ3v) is 4.64. The molecule has 8 heteroatoms. The van der Waals surface area contributed by atoms with Gasteiger partial charge in [-0.2, -0.15) is 0 Å². The van der Waals surface area contributed by atoms with Gasteiger partial charge in [-0.15, -0.1) is 0 Å². The molecule has 1 aromatic rings. The summed E-state index contributed by atoms with van der Waals surface area (Å²) >= 11 is 0. The van der Waals surface area contributed by atoms with Gasteiger partial charge in [0.1, 0.15) is 25.5 Å². The van der Waals surface area contributed by atoms with E-state index < -0.39 is 12.0 Å². The zero-order valence-electron chi connectivity index (χ0n) is 17.1. The molecule has 164 valence electrons. The van der Waals surface area contributed by atoms with Gasteiger partial charge in [-0.1, -0.05) is 25.7 Å². The number of ether oxygens (including phenoxy) is 2. The largest absolute Gasteiger partial charge is 0.486 e. The van der Waals surface area contributed by atoms with E-state index in [1.807, 2.05) is 0 Å². The molecule has 0 amide bonds. The summed E-state index contributed by atoms with van der Waals surface area (Å²) in [4.78, 5) is 20.5. The predicted molar refractivity (Wildman–Crippen MR) is 112 cm³/mol. The highest BCUT2D eigenvalue weighted by atomic mass is 16.6. The van der Waals surface area contributed by atoms with Gasteiger partial charge < -0.3 is 31.8 Å². The Hall–Kier alpha value is -2.16. The maximum atomic E-state index is 10.4. The zero-order chi connectivity index (χ0) is 21.5. The van der Waals surface area contributed by atoms with Gasteiger partial charge in [0.05, 0.1) is 0 Å². The summed E-state index contributed by atoms with van der Waals surface area (Å²) in [6.07, 6.45) is 9.62. The quantitative estimate of drug-likeness (QED) is 0.412. The standard InChI is InChI=1S/C9H8O3.C6H14N2O2.C6H13N/c10-6-7-1-2-8-9(5-7)12-4-3-11-8;7-4-2-1-3-5(8)6(9)10;7-6-4-2-1-3-5-6/h1-2,5-6H,3-4H2;5H,1-4,7-8H2,(H,9,10);6H,1-5,7H2/t;5-;/m.0./s1. The minimum Gasteiger partial charge on any atom is -0.486 e. The molecule has 1 aromatic carbocycles. The molecule has 1 saturated carbocycles. The molecular formula is C21H35N3O5. The number of hydrogen-bond donors (Lipinski definition) is 4. The van der Waals surface area contributed by atoms with Crippen LogP contribution in [0, 0.1) is 0 Å². The van der Waals surface area contributed by atoms with Crippen LogP contribution in [0.4, 0.5) is 0 Å². The molecule has 0 aromatic heterocycles. The van der Waals surface area contributed by atoms with E-state index >= 15 is 0 Å². The highest BCUT2D eigenvalue weighted by Gasteiger charge is 2.11. The number of nitrogens with two attached hydrogens (primary N) is 3. The molecule has 0 radical (unpaired) electrons. The lowest BCUT2D eigenvalue weighted by Crippen LogP contribution is -2.29. The highest BCUT2D eigenvalue weighted by molar-refractivity contribution is 5.76. The number of benzene rings is 1. The van der Waals surface area contributed by atoms with Gasteiger partial charge in [0.15, 0.2) is 11.5 Å². The summed E-state index contributed by atoms with van der Waals surface area (Å²) < 4.78 is 10.6. The van der Waals surface area contributed by atoms with Gasteiger partial charge in [-0.25, -0.2) is 0 Å². The smallest absolute Gasteiger partial charge is 0.320 e. The number of aliphatic carboxylic acids is 1. The summed E-state index contributed by atoms with van der Waals surface area (Å²) in [7, 11) is 0. The summed E-state index contributed by atoms with van der Waals surface area (Å²) in [6.45, 7) is 1.73. The van der Waals surface area contributed by atoms with E-state index in [4.69, 9.17) is 31.8 Å². The number of carboxylic acids is 1. The van der Waals surface area contributed by atoms with Crippen LogP contribution in [-0.2, 0) is 4.79 Å². The maximum Gasteiger partial charge on any atom is 0.320 e. The maximum absolute atomic E-state index is 10.4. The number of aldehydes is 1. The first-order valence-corrected chi connectivity index (χ1v) is 10.3. The van der Waals surface area contributed by atoms with E-state index in [2.05, 4.69) is 0 Å². The SMILES string of the molecule is NC1CCCCC1.NCCCC[C@H](N)C(=O)O.O=Cc1ccc2c(c1)OCCO2. The molecule has 2 aliphatic rings. The van der Waals surface area contributed by atoms with Gasteiger partial charge >= 0.3 is 5.97 Å². The lowest BCUT2D eigenvalue weighted by Gasteiger charge is -2.17. The van der Waals surface area contributed by atoms with E-state index in [1.54, 1.807) is 18.2 Å². The summed E-state index contributed by atoms with van der Waals surface area (Å²) in [6, 6.07) is 4.96. The number of unbranched alkanes of at least 4 members (excludes halogenated alkanes) is 1. The summed E-state index contributed by atoms with van der Waals surface area (Å²) in [5, 5.41) is 8.33. The lowest BCUT2D eigenvalue weighted by molar-refractivity contribution is -0.138. The van der Waals surface area contributed by atoms with Crippen molar-refractivity contribution in [2.45, 2.75) is 63.5 Å². The second-order valence-electron chi connectivity index (χ2n) is 7.15. The molecule has 8 nitrogen and oxygen atoms in total. The van der Waals surface area contributed by atoms with Crippen molar-refractivity contribution in [1.82, 2.24) is 0 Å². The van der Waals surface area contributed by atoms with Crippen LogP contribution < -0.4 is 26.7 Å². The number of fused-ring (bicyclic) bond motifs is 1. The third-order valence-electron chi connectivity index (χ3n) is 4.64. The van der Waals surface area contributed by atoms with Crippen LogP contribution in [0.15, 0.2) is 18.2 Å². The minimum absolute atomic E-state index is 0.520. The number of carbonyl (C=O) groups excluding carboxylic acids is 1. The fourth-order valence-electron chi connectivity index (χ4n) is 2.90. The lowest BCUT2D eigenvalue weighted by atomic mass is 9.97. The van der Waals surface area contributed by atoms with Gasteiger partial charge in [0.25, 0.3) is 0 Å². The van der Waals surface area contributed by atoms with E-state index in [0.717, 1.165) is 19.1 Å². The number of carboxylic acid groups (broad SMARTS) is 1. The molecular weight excluding hydrogens is 374 g/mol. The molecule has 0 unspecified atom stereocenters. The Balaban J connectivity index is 0.000000226. The molecule has 0 saturated heterocycles. The van der Waals surface area contributed by atoms with Crippen molar-refractivity contribution in [2.75, 3.05) is 19.8 Å². The van der Waals surface area contributed by atoms with Crippen molar-refractivity contribution in [3.8, 4) is 11.5 Å². The van der Waals surface area contributed by atoms with Crippen LogP contribution in [0.2, 0.25) is 0 Å². The average Bonchev–Trinajstić information content (AvgIpc) is 2.75. The van der Waals surface area contributed by atoms with Gasteiger partial charge in [-0.05, 0) is 50.4 Å². The van der Waals surface area contributed by atoms with Crippen molar-refractivity contribution < 1.29 is 24.2 Å². The highest BCUT2D eigenvalue weighted by Crippen LogP contribution is 2.30. The Bertz CT molecular complexity index is 606. The van der Waals surface area contributed by atoms with E-state index in [-0.39, 0.29) is 0 Å². The molecule has 1 heterocycles. The second kappa shape index (κ2) is 14.8. The summed E-state index contributed by atoms with van der Waals surface area (Å²) in [5.74, 6) is 0.440. The fourth-order valence-corrected chi connectivity index (χ4v) is 2.90. The van der Waals surface area contributed by atoms with E-state index in [1.165, 1.54) is 32.1 Å². The third kappa shape index (κ3) is 10.8. The van der Waals surface area contributed by atoms with Gasteiger partial charge in [0, 0.05) is 11.6 Å². The van der Waals surface area contributed by atoms with Crippen molar-refractivity contribution >= 4 is 12.3 Å². The molecule has 29 heavy (non-hydrogen) atoms. The molecule has 3 rings (SSSR count). The van der Waals surface area contributed by atoms with Crippen LogP contribution in [-0.4, -0.2) is 49.2 Å². The Morgan fingerprint density at radius 3 is 2.31 bits per heavy atom. The minimum atomic E-state index is -0.933. The number of hydrogen-bond acceptors (Lipinski definition) is 7. The normalized spacial score (nSPS) is 16.4. The van der Waals surface area contributed by atoms with Crippen molar-refractivity contribution in [3.05, 3.63) is 23.8 Å². The van der Waals surface area contributed by atoms with Gasteiger partial charge in [-0.3, -0.25) is 9.59 Å². The van der Waals surface area contributed by atoms with Crippen LogP contribution in [0.3, 0.4) is 0 Å². The molecule has 1 atom stereocenters. The molecule has 0 spiro atoms. The van der Waals surface area contributed by atoms with E-state index in [0.29, 0.717) is 49.3 Å². The molecule has 1 fully saturated rings. The van der Waals surface area contributed by atoms with Crippen LogP contribution in [0.1, 0.15) is 61.7 Å². The molecule has 1 aliphatic carbocycles. The van der Waals surface area contributed by atoms with Crippen LogP contribution >= 0.6 is 0 Å². The van der Waals surface area contributed by atoms with Crippen LogP contribution in [0.5, 0.6) is 11.5 Å². The number of rotatable bonds is 6. The second-order valence-corrected chi connectivity index (χ2v) is 7.15.